The average Bonchev–Trinajstić information content (AvgIpc) is 2.26. The summed E-state index contributed by atoms with van der Waals surface area (Å²) in [5, 5.41) is 8.97. The van der Waals surface area contributed by atoms with E-state index >= 15 is 0 Å². The fourth-order valence-electron chi connectivity index (χ4n) is 1.27. The first-order valence-electron chi connectivity index (χ1n) is 5.51. The van der Waals surface area contributed by atoms with Crippen molar-refractivity contribution in [2.45, 2.75) is 39.4 Å². The van der Waals surface area contributed by atoms with Crippen LogP contribution in [0.2, 0.25) is 0 Å². The maximum atomic E-state index is 13.1. The molecule has 0 aliphatic heterocycles. The molecular formula is C13H17FO3. The smallest absolute Gasteiger partial charge is 0.336 e. The Morgan fingerprint density at radius 1 is 1.47 bits per heavy atom. The van der Waals surface area contributed by atoms with Gasteiger partial charge in [-0.2, -0.15) is 0 Å². The van der Waals surface area contributed by atoms with Crippen molar-refractivity contribution in [3.63, 3.8) is 0 Å². The first kappa shape index (κ1) is 13.6. The molecular weight excluding hydrogens is 223 g/mol. The molecule has 0 unspecified atom stereocenters. The van der Waals surface area contributed by atoms with Gasteiger partial charge in [-0.15, -0.1) is 0 Å². The van der Waals surface area contributed by atoms with E-state index in [0.29, 0.717) is 5.56 Å². The fraction of sp³-hybridized carbons (Fsp3) is 0.462. The van der Waals surface area contributed by atoms with E-state index in [1.807, 2.05) is 20.8 Å². The normalized spacial score (nSPS) is 11.5. The lowest BCUT2D eigenvalue weighted by molar-refractivity contribution is -0.0320. The summed E-state index contributed by atoms with van der Waals surface area (Å²) < 4.78 is 18.6. The number of carbonyl (C=O) groups is 1. The second kappa shape index (κ2) is 5.27. The molecule has 1 aromatic carbocycles. The van der Waals surface area contributed by atoms with Crippen molar-refractivity contribution in [1.82, 2.24) is 0 Å². The van der Waals surface area contributed by atoms with Crippen molar-refractivity contribution in [1.29, 1.82) is 0 Å². The van der Waals surface area contributed by atoms with Crippen LogP contribution in [-0.4, -0.2) is 16.7 Å². The number of ether oxygens (including phenoxy) is 1. The van der Waals surface area contributed by atoms with E-state index in [1.165, 1.54) is 12.1 Å². The Balaban J connectivity index is 2.89. The Morgan fingerprint density at radius 3 is 2.65 bits per heavy atom. The van der Waals surface area contributed by atoms with Gasteiger partial charge in [0.25, 0.3) is 0 Å². The standard InChI is InChI=1S/C13H17FO3/c1-4-13(2,3)17-8-9-7-10(14)5-6-11(9)12(15)16/h5-7H,4,8H2,1-3H3,(H,15,16). The summed E-state index contributed by atoms with van der Waals surface area (Å²) in [5.41, 5.74) is 0.0968. The lowest BCUT2D eigenvalue weighted by atomic mass is 10.1. The third-order valence-corrected chi connectivity index (χ3v) is 2.77. The Bertz CT molecular complexity index is 413. The van der Waals surface area contributed by atoms with Crippen LogP contribution in [-0.2, 0) is 11.3 Å². The molecule has 0 amide bonds. The van der Waals surface area contributed by atoms with Crippen LogP contribution in [0.1, 0.15) is 43.1 Å². The Hall–Kier alpha value is -1.42. The number of carboxylic acid groups (broad SMARTS) is 1. The van der Waals surface area contributed by atoms with Crippen LogP contribution in [0.25, 0.3) is 0 Å². The summed E-state index contributed by atoms with van der Waals surface area (Å²) >= 11 is 0. The zero-order valence-electron chi connectivity index (χ0n) is 10.3. The van der Waals surface area contributed by atoms with E-state index in [0.717, 1.165) is 12.5 Å². The van der Waals surface area contributed by atoms with Gasteiger partial charge in [-0.25, -0.2) is 9.18 Å². The lowest BCUT2D eigenvalue weighted by Crippen LogP contribution is -2.23. The Kier molecular flexibility index (Phi) is 4.23. The number of rotatable bonds is 5. The maximum absolute atomic E-state index is 13.1. The lowest BCUT2D eigenvalue weighted by Gasteiger charge is -2.23. The molecule has 0 spiro atoms. The molecule has 0 fully saturated rings. The van der Waals surface area contributed by atoms with Crippen LogP contribution in [0, 0.1) is 5.82 Å². The number of benzene rings is 1. The van der Waals surface area contributed by atoms with Crippen molar-refractivity contribution in [2.75, 3.05) is 0 Å². The molecule has 0 bridgehead atoms. The monoisotopic (exact) mass is 240 g/mol. The van der Waals surface area contributed by atoms with Gasteiger partial charge < -0.3 is 9.84 Å². The highest BCUT2D eigenvalue weighted by Gasteiger charge is 2.18. The van der Waals surface area contributed by atoms with Crippen molar-refractivity contribution in [2.24, 2.45) is 0 Å². The van der Waals surface area contributed by atoms with Crippen molar-refractivity contribution < 1.29 is 19.0 Å². The van der Waals surface area contributed by atoms with Gasteiger partial charge in [-0.1, -0.05) is 6.92 Å². The maximum Gasteiger partial charge on any atom is 0.336 e. The first-order chi connectivity index (χ1) is 7.85. The SMILES string of the molecule is CCC(C)(C)OCc1cc(F)ccc1C(=O)O. The van der Waals surface area contributed by atoms with Crippen molar-refractivity contribution in [3.05, 3.63) is 35.1 Å². The molecule has 0 aliphatic rings. The molecule has 1 N–H and O–H groups in total. The van der Waals surface area contributed by atoms with E-state index in [9.17, 15) is 9.18 Å². The predicted octanol–water partition coefficient (Wildman–Crippen LogP) is 3.23. The van der Waals surface area contributed by atoms with Gasteiger partial charge in [0, 0.05) is 0 Å². The zero-order valence-corrected chi connectivity index (χ0v) is 10.3. The topological polar surface area (TPSA) is 46.5 Å². The third kappa shape index (κ3) is 3.82. The van der Waals surface area contributed by atoms with E-state index < -0.39 is 11.8 Å². The van der Waals surface area contributed by atoms with Gasteiger partial charge in [-0.3, -0.25) is 0 Å². The van der Waals surface area contributed by atoms with Crippen LogP contribution in [0.5, 0.6) is 0 Å². The van der Waals surface area contributed by atoms with E-state index in [1.54, 1.807) is 0 Å². The van der Waals surface area contributed by atoms with Crippen LogP contribution >= 0.6 is 0 Å². The summed E-state index contributed by atoms with van der Waals surface area (Å²) in [4.78, 5) is 10.9. The van der Waals surface area contributed by atoms with Gasteiger partial charge in [0.2, 0.25) is 0 Å². The van der Waals surface area contributed by atoms with Crippen molar-refractivity contribution >= 4 is 5.97 Å². The minimum atomic E-state index is -1.07. The van der Waals surface area contributed by atoms with E-state index in [-0.39, 0.29) is 17.8 Å². The number of hydrogen-bond acceptors (Lipinski definition) is 2. The molecule has 0 saturated carbocycles. The zero-order chi connectivity index (χ0) is 13.1. The Labute approximate surface area is 100 Å². The van der Waals surface area contributed by atoms with E-state index in [4.69, 9.17) is 9.84 Å². The molecule has 3 nitrogen and oxygen atoms in total. The average molecular weight is 240 g/mol. The van der Waals surface area contributed by atoms with Crippen LogP contribution in [0.15, 0.2) is 18.2 Å². The second-order valence-electron chi connectivity index (χ2n) is 4.51. The minimum absolute atomic E-state index is 0.0818. The van der Waals surface area contributed by atoms with Gasteiger partial charge in [0.15, 0.2) is 0 Å². The molecule has 94 valence electrons. The number of aromatic carboxylic acids is 1. The molecule has 0 aromatic heterocycles. The third-order valence-electron chi connectivity index (χ3n) is 2.77. The minimum Gasteiger partial charge on any atom is -0.478 e. The highest BCUT2D eigenvalue weighted by atomic mass is 19.1. The highest BCUT2D eigenvalue weighted by molar-refractivity contribution is 5.89. The highest BCUT2D eigenvalue weighted by Crippen LogP contribution is 2.19. The van der Waals surface area contributed by atoms with Crippen LogP contribution < -0.4 is 0 Å². The number of carboxylic acids is 1. The second-order valence-corrected chi connectivity index (χ2v) is 4.51. The van der Waals surface area contributed by atoms with Gasteiger partial charge in [-0.05, 0) is 44.0 Å². The quantitative estimate of drug-likeness (QED) is 0.859. The van der Waals surface area contributed by atoms with Crippen LogP contribution in [0.3, 0.4) is 0 Å². The van der Waals surface area contributed by atoms with Crippen molar-refractivity contribution in [3.8, 4) is 0 Å². The summed E-state index contributed by atoms with van der Waals surface area (Å²) in [7, 11) is 0. The molecule has 0 radical (unpaired) electrons. The molecule has 4 heteroatoms. The number of hydrogen-bond donors (Lipinski definition) is 1. The van der Waals surface area contributed by atoms with Crippen LogP contribution in [0.4, 0.5) is 4.39 Å². The molecule has 17 heavy (non-hydrogen) atoms. The molecule has 0 heterocycles. The molecule has 0 atom stereocenters. The molecule has 1 aromatic rings. The van der Waals surface area contributed by atoms with Gasteiger partial charge in [0.1, 0.15) is 5.82 Å². The summed E-state index contributed by atoms with van der Waals surface area (Å²) in [5.74, 6) is -1.53. The molecule has 0 saturated heterocycles. The largest absolute Gasteiger partial charge is 0.478 e. The van der Waals surface area contributed by atoms with Gasteiger partial charge in [0.05, 0.1) is 17.8 Å². The van der Waals surface area contributed by atoms with E-state index in [2.05, 4.69) is 0 Å². The molecule has 1 rings (SSSR count). The summed E-state index contributed by atoms with van der Waals surface area (Å²) in [6.45, 7) is 5.89. The predicted molar refractivity (Wildman–Crippen MR) is 62.5 cm³/mol. The molecule has 0 aliphatic carbocycles. The Morgan fingerprint density at radius 2 is 2.12 bits per heavy atom. The van der Waals surface area contributed by atoms with Gasteiger partial charge >= 0.3 is 5.97 Å². The summed E-state index contributed by atoms with van der Waals surface area (Å²) in [6, 6.07) is 3.60. The fourth-order valence-corrected chi connectivity index (χ4v) is 1.27. The number of halogens is 1. The summed E-state index contributed by atoms with van der Waals surface area (Å²) in [6.07, 6.45) is 0.796. The first-order valence-corrected chi connectivity index (χ1v) is 5.51.